The van der Waals surface area contributed by atoms with Gasteiger partial charge in [-0.05, 0) is 63.2 Å². The Labute approximate surface area is 210 Å². The highest BCUT2D eigenvalue weighted by Crippen LogP contribution is 2.40. The zero-order chi connectivity index (χ0) is 26.5. The van der Waals surface area contributed by atoms with Crippen molar-refractivity contribution in [3.63, 3.8) is 0 Å². The molecule has 0 radical (unpaired) electrons. The number of fused-ring (bicyclic) bond motifs is 1. The van der Waals surface area contributed by atoms with Crippen LogP contribution >= 0.6 is 0 Å². The molecular weight excluding hydrogens is 484 g/mol. The lowest BCUT2D eigenvalue weighted by Crippen LogP contribution is -2.28. The molecule has 1 aromatic heterocycles. The zero-order valence-electron chi connectivity index (χ0n) is 20.7. The van der Waals surface area contributed by atoms with Crippen molar-refractivity contribution in [3.05, 3.63) is 48.0 Å². The van der Waals surface area contributed by atoms with Crippen LogP contribution in [0.3, 0.4) is 0 Å². The van der Waals surface area contributed by atoms with Crippen molar-refractivity contribution in [1.82, 2.24) is 4.57 Å². The maximum absolute atomic E-state index is 14.2. The summed E-state index contributed by atoms with van der Waals surface area (Å²) in [6.45, 7) is 6.56. The highest BCUT2D eigenvalue weighted by Gasteiger charge is 2.39. The van der Waals surface area contributed by atoms with E-state index in [0.717, 1.165) is 0 Å². The van der Waals surface area contributed by atoms with E-state index in [0.29, 0.717) is 33.4 Å². The number of halogens is 2. The monoisotopic (exact) mass is 513 g/mol. The number of hydrogen-bond acceptors (Lipinski definition) is 5. The van der Waals surface area contributed by atoms with Gasteiger partial charge in [-0.2, -0.15) is 0 Å². The molecule has 2 heterocycles. The van der Waals surface area contributed by atoms with E-state index in [1.807, 2.05) is 0 Å². The third kappa shape index (κ3) is 4.96. The molecule has 6 nitrogen and oxygen atoms in total. The number of aromatic nitrogens is 1. The largest absolute Gasteiger partial charge is 0.443 e. The summed E-state index contributed by atoms with van der Waals surface area (Å²) < 4.78 is 56.7. The molecule has 3 aromatic rings. The lowest BCUT2D eigenvalue weighted by molar-refractivity contribution is 0.0257. The van der Waals surface area contributed by atoms with Crippen LogP contribution in [0.5, 0.6) is 0 Å². The number of rotatable bonds is 4. The predicted molar refractivity (Wildman–Crippen MR) is 138 cm³/mol. The Bertz CT molecular complexity index is 1490. The summed E-state index contributed by atoms with van der Waals surface area (Å²) in [6, 6.07) is 11.7. The first kappa shape index (κ1) is 25.7. The minimum atomic E-state index is -3.11. The van der Waals surface area contributed by atoms with Crippen molar-refractivity contribution in [2.45, 2.75) is 50.5 Å². The highest BCUT2D eigenvalue weighted by molar-refractivity contribution is 7.92. The number of ether oxygens (including phenoxy) is 1. The van der Waals surface area contributed by atoms with Gasteiger partial charge in [-0.3, -0.25) is 0 Å². The van der Waals surface area contributed by atoms with Crippen molar-refractivity contribution in [1.29, 1.82) is 4.78 Å². The molecule has 0 amide bonds. The molecule has 1 fully saturated rings. The van der Waals surface area contributed by atoms with Gasteiger partial charge in [-0.25, -0.2) is 27.1 Å². The second kappa shape index (κ2) is 8.93. The van der Waals surface area contributed by atoms with Crippen molar-refractivity contribution < 1.29 is 22.5 Å². The third-order valence-electron chi connectivity index (χ3n) is 6.09. The van der Waals surface area contributed by atoms with Crippen LogP contribution in [0.15, 0.2) is 47.4 Å². The highest BCUT2D eigenvalue weighted by atomic mass is 32.2. The van der Waals surface area contributed by atoms with E-state index in [4.69, 9.17) is 15.9 Å². The fraction of sp³-hybridized carbons (Fsp3) is 0.370. The minimum Gasteiger partial charge on any atom is -0.443 e. The second-order valence-corrected chi connectivity index (χ2v) is 12.3. The fourth-order valence-electron chi connectivity index (χ4n) is 4.32. The standard InChI is InChI=1S/C27H29F2N3O3S/c1-6-18-8-10-22-19(14-18)15-24(32(22)25(33)35-26(3,4)5)21-16-20(36(30,34)7-2)9-11-23(21)31-13-12-27(28,29)17-31/h1,8-11,14-16,30H,7,12-13,17H2,2-5H3/t36-/m1/s1. The van der Waals surface area contributed by atoms with Crippen LogP contribution in [0.4, 0.5) is 19.3 Å². The Morgan fingerprint density at radius 1 is 1.22 bits per heavy atom. The molecule has 2 aromatic carbocycles. The van der Waals surface area contributed by atoms with E-state index < -0.39 is 33.9 Å². The average Bonchev–Trinajstić information content (AvgIpc) is 3.36. The molecule has 1 N–H and O–H groups in total. The number of nitrogens with one attached hydrogen (secondary N) is 1. The van der Waals surface area contributed by atoms with E-state index >= 15 is 0 Å². The van der Waals surface area contributed by atoms with Crippen LogP contribution in [-0.4, -0.2) is 45.2 Å². The van der Waals surface area contributed by atoms with Crippen LogP contribution < -0.4 is 4.90 Å². The van der Waals surface area contributed by atoms with Gasteiger partial charge in [0.15, 0.2) is 0 Å². The topological polar surface area (TPSA) is 75.4 Å². The molecule has 0 aliphatic carbocycles. The van der Waals surface area contributed by atoms with Gasteiger partial charge in [0, 0.05) is 45.8 Å². The maximum Gasteiger partial charge on any atom is 0.419 e. The van der Waals surface area contributed by atoms with Crippen LogP contribution in [-0.2, 0) is 14.5 Å². The Morgan fingerprint density at radius 2 is 1.94 bits per heavy atom. The Balaban J connectivity index is 2.02. The summed E-state index contributed by atoms with van der Waals surface area (Å²) in [6.07, 6.45) is 4.64. The molecule has 190 valence electrons. The Kier molecular flexibility index (Phi) is 6.38. The van der Waals surface area contributed by atoms with Gasteiger partial charge in [0.25, 0.3) is 5.92 Å². The first-order chi connectivity index (χ1) is 16.7. The number of carbonyl (C=O) groups excluding carboxylic acids is 1. The smallest absolute Gasteiger partial charge is 0.419 e. The summed E-state index contributed by atoms with van der Waals surface area (Å²) in [5, 5.41) is 0.663. The van der Waals surface area contributed by atoms with Gasteiger partial charge < -0.3 is 9.64 Å². The van der Waals surface area contributed by atoms with E-state index in [2.05, 4.69) is 5.92 Å². The molecule has 0 saturated carbocycles. The van der Waals surface area contributed by atoms with Crippen molar-refractivity contribution in [2.75, 3.05) is 23.7 Å². The van der Waals surface area contributed by atoms with Gasteiger partial charge in [0.05, 0.1) is 27.5 Å². The Morgan fingerprint density at radius 3 is 2.53 bits per heavy atom. The van der Waals surface area contributed by atoms with E-state index in [-0.39, 0.29) is 23.6 Å². The van der Waals surface area contributed by atoms with E-state index in [1.165, 1.54) is 4.57 Å². The lowest BCUT2D eigenvalue weighted by atomic mass is 10.1. The van der Waals surface area contributed by atoms with Gasteiger partial charge in [-0.1, -0.05) is 12.8 Å². The number of terminal acetylenes is 1. The SMILES string of the molecule is C#Cc1ccc2c(c1)cc(-c1cc([S@](=N)(=O)CC)ccc1N1CCC(F)(F)C1)n2C(=O)OC(C)(C)C. The number of hydrogen-bond donors (Lipinski definition) is 1. The number of benzene rings is 2. The molecule has 0 spiro atoms. The number of alkyl halides is 2. The molecule has 1 aliphatic rings. The Hall–Kier alpha value is -3.38. The predicted octanol–water partition coefficient (Wildman–Crippen LogP) is 6.34. The van der Waals surface area contributed by atoms with Crippen molar-refractivity contribution in [2.24, 2.45) is 0 Å². The molecule has 1 saturated heterocycles. The first-order valence-electron chi connectivity index (χ1n) is 11.6. The summed E-state index contributed by atoms with van der Waals surface area (Å²) in [7, 11) is -3.11. The molecule has 36 heavy (non-hydrogen) atoms. The van der Waals surface area contributed by atoms with Gasteiger partial charge >= 0.3 is 6.09 Å². The van der Waals surface area contributed by atoms with Gasteiger partial charge in [0.2, 0.25) is 0 Å². The lowest BCUT2D eigenvalue weighted by Gasteiger charge is -2.24. The summed E-state index contributed by atoms with van der Waals surface area (Å²) in [5.41, 5.74) is 1.62. The van der Waals surface area contributed by atoms with Gasteiger partial charge in [0.1, 0.15) is 5.60 Å². The summed E-state index contributed by atoms with van der Waals surface area (Å²) >= 11 is 0. The average molecular weight is 514 g/mol. The number of nitrogens with zero attached hydrogens (tertiary/aromatic N) is 2. The third-order valence-corrected chi connectivity index (χ3v) is 7.91. The molecule has 1 aliphatic heterocycles. The second-order valence-electron chi connectivity index (χ2n) is 9.93. The van der Waals surface area contributed by atoms with Crippen LogP contribution in [0, 0.1) is 17.1 Å². The van der Waals surface area contributed by atoms with E-state index in [9.17, 15) is 17.8 Å². The molecule has 4 rings (SSSR count). The number of anilines is 1. The molecule has 1 atom stereocenters. The van der Waals surface area contributed by atoms with Crippen molar-refractivity contribution in [3.8, 4) is 23.6 Å². The molecule has 0 unspecified atom stereocenters. The minimum absolute atomic E-state index is 0.0914. The normalized spacial score (nSPS) is 17.1. The fourth-order valence-corrected chi connectivity index (χ4v) is 5.25. The maximum atomic E-state index is 14.2. The molecule has 9 heteroatoms. The van der Waals surface area contributed by atoms with Crippen LogP contribution in [0.25, 0.3) is 22.2 Å². The van der Waals surface area contributed by atoms with Crippen LogP contribution in [0.2, 0.25) is 0 Å². The van der Waals surface area contributed by atoms with Crippen molar-refractivity contribution >= 4 is 32.4 Å². The zero-order valence-corrected chi connectivity index (χ0v) is 21.5. The quantitative estimate of drug-likeness (QED) is 0.413. The number of carbonyl (C=O) groups is 1. The first-order valence-corrected chi connectivity index (χ1v) is 13.4. The van der Waals surface area contributed by atoms with Gasteiger partial charge in [-0.15, -0.1) is 6.42 Å². The van der Waals surface area contributed by atoms with Crippen LogP contribution in [0.1, 0.15) is 39.7 Å². The molecular formula is C27H29F2N3O3S. The van der Waals surface area contributed by atoms with E-state index in [1.54, 1.807) is 75.1 Å². The summed E-state index contributed by atoms with van der Waals surface area (Å²) in [4.78, 5) is 15.3. The molecule has 0 bridgehead atoms. The summed E-state index contributed by atoms with van der Waals surface area (Å²) in [5.74, 6) is -0.177.